The Morgan fingerprint density at radius 2 is 1.73 bits per heavy atom. The van der Waals surface area contributed by atoms with Gasteiger partial charge in [0.2, 0.25) is 0 Å². The second kappa shape index (κ2) is 9.93. The Morgan fingerprint density at radius 1 is 1.00 bits per heavy atom. The lowest BCUT2D eigenvalue weighted by atomic mass is 9.61. The van der Waals surface area contributed by atoms with Crippen LogP contribution in [0.15, 0.2) is 59.1 Å². The Hall–Kier alpha value is -3.35. The van der Waals surface area contributed by atoms with E-state index in [2.05, 4.69) is 16.2 Å². The maximum Gasteiger partial charge on any atom is 0.360 e. The van der Waals surface area contributed by atoms with Crippen molar-refractivity contribution in [1.29, 1.82) is 0 Å². The molecule has 4 aromatic rings. The molecule has 40 heavy (non-hydrogen) atoms. The fourth-order valence-corrected chi connectivity index (χ4v) is 6.80. The number of hydrogen-bond acceptors (Lipinski definition) is 6. The highest BCUT2D eigenvalue weighted by Gasteiger charge is 2.44. The van der Waals surface area contributed by atoms with Crippen LogP contribution in [0.3, 0.4) is 0 Å². The van der Waals surface area contributed by atoms with Crippen molar-refractivity contribution in [3.63, 3.8) is 0 Å². The summed E-state index contributed by atoms with van der Waals surface area (Å²) in [5.41, 5.74) is 4.91. The fourth-order valence-electron chi connectivity index (χ4n) is 6.23. The van der Waals surface area contributed by atoms with E-state index in [9.17, 15) is 4.79 Å². The zero-order chi connectivity index (χ0) is 27.4. The predicted molar refractivity (Wildman–Crippen MR) is 155 cm³/mol. The van der Waals surface area contributed by atoms with Gasteiger partial charge in [0.05, 0.1) is 28.8 Å². The summed E-state index contributed by atoms with van der Waals surface area (Å²) in [6.45, 7) is 0. The van der Waals surface area contributed by atoms with Crippen molar-refractivity contribution in [3.05, 3.63) is 81.7 Å². The van der Waals surface area contributed by atoms with Gasteiger partial charge in [-0.2, -0.15) is 0 Å². The van der Waals surface area contributed by atoms with Gasteiger partial charge in [-0.25, -0.2) is 9.78 Å². The van der Waals surface area contributed by atoms with Gasteiger partial charge in [0.25, 0.3) is 0 Å². The number of methoxy groups -OCH3 is 1. The number of rotatable bonds is 6. The number of hydrogen-bond donors (Lipinski definition) is 0. The summed E-state index contributed by atoms with van der Waals surface area (Å²) in [6.07, 6.45) is 9.39. The third kappa shape index (κ3) is 4.47. The van der Waals surface area contributed by atoms with Crippen molar-refractivity contribution >= 4 is 45.6 Å². The normalized spacial score (nSPS) is 22.2. The maximum atomic E-state index is 12.5. The number of fused-ring (bicyclic) bond motifs is 1. The largest absolute Gasteiger partial charge is 0.488 e. The van der Waals surface area contributed by atoms with E-state index >= 15 is 0 Å². The number of carbonyl (C=O) groups is 1. The Balaban J connectivity index is 1.12. The number of esters is 1. The molecule has 0 aliphatic heterocycles. The van der Waals surface area contributed by atoms with Gasteiger partial charge in [-0.05, 0) is 80.2 Å². The summed E-state index contributed by atoms with van der Waals surface area (Å²) < 4.78 is 17.3. The molecule has 0 unspecified atom stereocenters. The van der Waals surface area contributed by atoms with Crippen LogP contribution < -0.4 is 4.74 Å². The minimum atomic E-state index is -0.491. The monoisotopic (exact) mass is 574 g/mol. The lowest BCUT2D eigenvalue weighted by molar-refractivity contribution is 0.0575. The van der Waals surface area contributed by atoms with Gasteiger partial charge in [0.1, 0.15) is 11.5 Å². The zero-order valence-corrected chi connectivity index (χ0v) is 23.6. The number of nitrogens with zero attached hydrogens (tertiary/aromatic N) is 2. The molecular weight excluding hydrogens is 547 g/mol. The second-order valence-corrected chi connectivity index (χ2v) is 12.0. The first-order valence-corrected chi connectivity index (χ1v) is 14.5. The molecule has 0 amide bonds. The molecule has 7 rings (SSSR count). The molecule has 2 aromatic carbocycles. The maximum absolute atomic E-state index is 12.5. The Bertz CT molecular complexity index is 1640. The molecule has 6 nitrogen and oxygen atoms in total. The lowest BCUT2D eigenvalue weighted by Gasteiger charge is -2.45. The third-order valence-corrected chi connectivity index (χ3v) is 9.13. The van der Waals surface area contributed by atoms with Crippen LogP contribution >= 0.6 is 23.2 Å². The van der Waals surface area contributed by atoms with Crippen LogP contribution in [0.2, 0.25) is 10.0 Å². The minimum Gasteiger partial charge on any atom is -0.488 e. The molecule has 0 saturated heterocycles. The molecule has 2 fully saturated rings. The summed E-state index contributed by atoms with van der Waals surface area (Å²) in [5, 5.41) is 6.55. The molecule has 3 aliphatic carbocycles. The van der Waals surface area contributed by atoms with Crippen LogP contribution in [0.25, 0.3) is 27.7 Å². The van der Waals surface area contributed by atoms with Crippen molar-refractivity contribution in [1.82, 2.24) is 10.1 Å². The van der Waals surface area contributed by atoms with E-state index in [1.54, 1.807) is 0 Å². The summed E-state index contributed by atoms with van der Waals surface area (Å²) in [7, 11) is 1.36. The standard InChI is InChI=1S/C32H28Cl2N2O4/c1-38-31(37)28-25(15-19-5-2-3-8-24(19)35-28)39-21-11-13-32(14-12-21)16-20(17-32)26-29(36-40-30(26)18-9-10-18)27-22(33)6-4-7-23(27)34/h2-8,15-16,18,21H,9-14,17H2,1H3. The molecule has 204 valence electrons. The van der Waals surface area contributed by atoms with Crippen molar-refractivity contribution in [2.24, 2.45) is 5.41 Å². The smallest absolute Gasteiger partial charge is 0.360 e. The average Bonchev–Trinajstić information content (AvgIpc) is 3.71. The Labute approximate surface area is 242 Å². The Kier molecular flexibility index (Phi) is 6.36. The van der Waals surface area contributed by atoms with Gasteiger partial charge in [0.15, 0.2) is 11.4 Å². The first-order chi connectivity index (χ1) is 19.4. The van der Waals surface area contributed by atoms with Crippen molar-refractivity contribution in [2.75, 3.05) is 7.11 Å². The predicted octanol–water partition coefficient (Wildman–Crippen LogP) is 8.66. The molecule has 0 radical (unpaired) electrons. The van der Waals surface area contributed by atoms with E-state index in [1.165, 1.54) is 12.7 Å². The first-order valence-electron chi connectivity index (χ1n) is 13.8. The highest BCUT2D eigenvalue weighted by atomic mass is 35.5. The van der Waals surface area contributed by atoms with E-state index < -0.39 is 5.97 Å². The molecule has 2 heterocycles. The lowest BCUT2D eigenvalue weighted by Crippen LogP contribution is -2.35. The van der Waals surface area contributed by atoms with Crippen molar-refractivity contribution in [3.8, 4) is 17.0 Å². The van der Waals surface area contributed by atoms with Gasteiger partial charge >= 0.3 is 5.97 Å². The van der Waals surface area contributed by atoms with E-state index in [4.69, 9.17) is 37.2 Å². The van der Waals surface area contributed by atoms with E-state index in [0.29, 0.717) is 21.7 Å². The minimum absolute atomic E-state index is 0.00422. The molecule has 8 heteroatoms. The first kappa shape index (κ1) is 25.6. The molecule has 2 aromatic heterocycles. The number of halogens is 2. The van der Waals surface area contributed by atoms with Crippen LogP contribution in [0.5, 0.6) is 5.75 Å². The number of carbonyl (C=O) groups excluding carboxylic acids is 1. The van der Waals surface area contributed by atoms with E-state index in [1.807, 2.05) is 48.5 Å². The molecule has 3 aliphatic rings. The number of ether oxygens (including phenoxy) is 2. The summed E-state index contributed by atoms with van der Waals surface area (Å²) in [6, 6.07) is 15.1. The SMILES string of the molecule is COC(=O)c1nc2ccccc2cc1OC1CCC2(C=C(c3c(-c4c(Cl)cccc4Cl)noc3C3CC3)C2)CC1. The number of aromatic nitrogens is 2. The second-order valence-electron chi connectivity index (χ2n) is 11.2. The highest BCUT2D eigenvalue weighted by molar-refractivity contribution is 6.39. The number of pyridine rings is 1. The van der Waals surface area contributed by atoms with Crippen LogP contribution in [0.1, 0.15) is 72.7 Å². The van der Waals surface area contributed by atoms with Crippen molar-refractivity contribution < 1.29 is 18.8 Å². The van der Waals surface area contributed by atoms with Gasteiger partial charge in [-0.1, -0.05) is 58.7 Å². The quantitative estimate of drug-likeness (QED) is 0.214. The molecular formula is C32H28Cl2N2O4. The molecule has 1 spiro atoms. The summed E-state index contributed by atoms with van der Waals surface area (Å²) >= 11 is 13.1. The van der Waals surface area contributed by atoms with Crippen molar-refractivity contribution in [2.45, 2.75) is 57.0 Å². The van der Waals surface area contributed by atoms with Gasteiger partial charge in [-0.3, -0.25) is 0 Å². The molecule has 0 atom stereocenters. The van der Waals surface area contributed by atoms with E-state index in [0.717, 1.165) is 78.4 Å². The summed E-state index contributed by atoms with van der Waals surface area (Å²) in [4.78, 5) is 17.0. The van der Waals surface area contributed by atoms with Gasteiger partial charge in [-0.15, -0.1) is 0 Å². The van der Waals surface area contributed by atoms with Gasteiger partial charge < -0.3 is 14.0 Å². The van der Waals surface area contributed by atoms with Crippen LogP contribution in [0.4, 0.5) is 0 Å². The van der Waals surface area contributed by atoms with Crippen LogP contribution in [-0.4, -0.2) is 29.3 Å². The molecule has 0 N–H and O–H groups in total. The third-order valence-electron chi connectivity index (χ3n) is 8.50. The fraction of sp³-hybridized carbons (Fsp3) is 0.344. The topological polar surface area (TPSA) is 74.5 Å². The summed E-state index contributed by atoms with van der Waals surface area (Å²) in [5.74, 6) is 1.37. The zero-order valence-electron chi connectivity index (χ0n) is 22.1. The Morgan fingerprint density at radius 3 is 2.42 bits per heavy atom. The van der Waals surface area contributed by atoms with E-state index in [-0.39, 0.29) is 17.2 Å². The molecule has 2 saturated carbocycles. The van der Waals surface area contributed by atoms with Crippen LogP contribution in [-0.2, 0) is 4.74 Å². The molecule has 0 bridgehead atoms. The number of benzene rings is 2. The van der Waals surface area contributed by atoms with Gasteiger partial charge in [0, 0.05) is 22.4 Å². The highest BCUT2D eigenvalue weighted by Crippen LogP contribution is 2.57. The number of para-hydroxylation sites is 1. The average molecular weight is 575 g/mol. The number of allylic oxidation sites excluding steroid dienone is 2. The van der Waals surface area contributed by atoms with Crippen LogP contribution in [0, 0.1) is 5.41 Å².